The first-order chi connectivity index (χ1) is 12.7. The second-order valence-electron chi connectivity index (χ2n) is 5.49. The van der Waals surface area contributed by atoms with Gasteiger partial charge in [-0.25, -0.2) is 0 Å². The molecule has 6 heteroatoms. The molecule has 3 aromatic rings. The monoisotopic (exact) mass is 365 g/mol. The van der Waals surface area contributed by atoms with Crippen molar-refractivity contribution in [3.63, 3.8) is 0 Å². The number of carbonyl (C=O) groups is 1. The number of nitrogens with one attached hydrogen (secondary N) is 1. The number of amides is 1. The van der Waals surface area contributed by atoms with Crippen LogP contribution < -0.4 is 5.32 Å². The summed E-state index contributed by atoms with van der Waals surface area (Å²) < 4.78 is 5.49. The van der Waals surface area contributed by atoms with E-state index in [1.54, 1.807) is 17.8 Å². The van der Waals surface area contributed by atoms with E-state index in [1.165, 1.54) is 11.0 Å². The third kappa shape index (κ3) is 5.32. The third-order valence-corrected chi connectivity index (χ3v) is 4.41. The van der Waals surface area contributed by atoms with Gasteiger partial charge in [0, 0.05) is 11.0 Å². The maximum Gasteiger partial charge on any atom is 0.322 e. The zero-order valence-electron chi connectivity index (χ0n) is 14.4. The molecule has 0 radical (unpaired) electrons. The van der Waals surface area contributed by atoms with Gasteiger partial charge in [0.1, 0.15) is 0 Å². The second kappa shape index (κ2) is 9.01. The first-order valence-corrected chi connectivity index (χ1v) is 9.29. The minimum atomic E-state index is -0.315. The Balaban J connectivity index is 1.55. The Kier molecular flexibility index (Phi) is 6.22. The Labute approximate surface area is 156 Å². The molecule has 0 saturated heterocycles. The quantitative estimate of drug-likeness (QED) is 0.496. The summed E-state index contributed by atoms with van der Waals surface area (Å²) in [5.41, 5.74) is 2.02. The van der Waals surface area contributed by atoms with E-state index in [0.29, 0.717) is 12.3 Å². The fraction of sp³-hybridized carbons (Fsp3) is 0.150. The van der Waals surface area contributed by atoms with Crippen molar-refractivity contribution in [2.75, 3.05) is 11.1 Å². The Hall–Kier alpha value is -2.86. The fourth-order valence-electron chi connectivity index (χ4n) is 2.30. The van der Waals surface area contributed by atoms with Crippen LogP contribution in [0.25, 0.3) is 6.08 Å². The number of anilines is 1. The number of thioether (sulfide) groups is 1. The lowest BCUT2D eigenvalue weighted by Crippen LogP contribution is -2.07. The van der Waals surface area contributed by atoms with Gasteiger partial charge < -0.3 is 4.42 Å². The number of hydrogen-bond acceptors (Lipinski definition) is 5. The van der Waals surface area contributed by atoms with E-state index in [4.69, 9.17) is 4.42 Å². The van der Waals surface area contributed by atoms with Gasteiger partial charge in [-0.2, -0.15) is 0 Å². The molecule has 0 fully saturated rings. The average molecular weight is 365 g/mol. The van der Waals surface area contributed by atoms with E-state index in [1.807, 2.05) is 42.5 Å². The summed E-state index contributed by atoms with van der Waals surface area (Å²) in [7, 11) is 0. The van der Waals surface area contributed by atoms with Gasteiger partial charge in [-0.1, -0.05) is 54.5 Å². The van der Waals surface area contributed by atoms with E-state index >= 15 is 0 Å². The Morgan fingerprint density at radius 3 is 2.62 bits per heavy atom. The number of nitrogens with zero attached hydrogens (tertiary/aromatic N) is 2. The Morgan fingerprint density at radius 2 is 1.88 bits per heavy atom. The van der Waals surface area contributed by atoms with Crippen molar-refractivity contribution >= 4 is 29.8 Å². The first kappa shape index (κ1) is 17.9. The molecule has 0 aliphatic carbocycles. The van der Waals surface area contributed by atoms with Gasteiger partial charge in [0.05, 0.1) is 6.42 Å². The summed E-state index contributed by atoms with van der Waals surface area (Å²) in [5, 5.41) is 10.4. The average Bonchev–Trinajstić information content (AvgIpc) is 3.09. The lowest BCUT2D eigenvalue weighted by atomic mass is 10.1. The van der Waals surface area contributed by atoms with Gasteiger partial charge in [0.15, 0.2) is 0 Å². The SMILES string of the molecule is CCSc1ccc(Cc2nnc(NC(=O)C=Cc3ccccc3)o2)cc1. The van der Waals surface area contributed by atoms with Gasteiger partial charge in [-0.3, -0.25) is 10.1 Å². The van der Waals surface area contributed by atoms with E-state index < -0.39 is 0 Å². The number of aromatic nitrogens is 2. The number of rotatable bonds is 7. The molecular weight excluding hydrogens is 346 g/mol. The number of hydrogen-bond donors (Lipinski definition) is 1. The van der Waals surface area contributed by atoms with Crippen molar-refractivity contribution in [2.45, 2.75) is 18.2 Å². The summed E-state index contributed by atoms with van der Waals surface area (Å²) in [6, 6.07) is 17.9. The van der Waals surface area contributed by atoms with Gasteiger partial charge in [0.25, 0.3) is 5.91 Å². The van der Waals surface area contributed by atoms with Gasteiger partial charge >= 0.3 is 6.01 Å². The molecule has 2 aromatic carbocycles. The molecule has 0 atom stereocenters. The Bertz CT molecular complexity index is 874. The van der Waals surface area contributed by atoms with Crippen molar-refractivity contribution in [3.8, 4) is 0 Å². The van der Waals surface area contributed by atoms with Crippen LogP contribution in [0.15, 0.2) is 70.0 Å². The summed E-state index contributed by atoms with van der Waals surface area (Å²) in [5.74, 6) is 1.19. The molecule has 1 amide bonds. The Morgan fingerprint density at radius 1 is 1.12 bits per heavy atom. The van der Waals surface area contributed by atoms with Gasteiger partial charge in [-0.15, -0.1) is 16.9 Å². The van der Waals surface area contributed by atoms with Crippen LogP contribution in [0.4, 0.5) is 6.01 Å². The van der Waals surface area contributed by atoms with Crippen LogP contribution in [0.5, 0.6) is 0 Å². The van der Waals surface area contributed by atoms with E-state index in [-0.39, 0.29) is 11.9 Å². The highest BCUT2D eigenvalue weighted by atomic mass is 32.2. The van der Waals surface area contributed by atoms with Crippen LogP contribution in [-0.4, -0.2) is 21.9 Å². The standard InChI is InChI=1S/C20H19N3O2S/c1-2-26-17-11-8-16(9-12-17)14-19-22-23-20(25-19)21-18(24)13-10-15-6-4-3-5-7-15/h3-13H,2,14H2,1H3,(H,21,23,24). The van der Waals surface area contributed by atoms with Crippen LogP contribution in [0.3, 0.4) is 0 Å². The molecule has 0 saturated carbocycles. The third-order valence-electron chi connectivity index (χ3n) is 3.51. The predicted molar refractivity (Wildman–Crippen MR) is 104 cm³/mol. The molecule has 0 spiro atoms. The summed E-state index contributed by atoms with van der Waals surface area (Å²) in [6.45, 7) is 2.13. The first-order valence-electron chi connectivity index (χ1n) is 8.31. The molecule has 1 aromatic heterocycles. The van der Waals surface area contributed by atoms with Crippen molar-refractivity contribution in [1.29, 1.82) is 0 Å². The maximum absolute atomic E-state index is 11.9. The van der Waals surface area contributed by atoms with Crippen molar-refractivity contribution in [3.05, 3.63) is 77.7 Å². The van der Waals surface area contributed by atoms with Gasteiger partial charge in [0.2, 0.25) is 5.89 Å². The van der Waals surface area contributed by atoms with Crippen molar-refractivity contribution < 1.29 is 9.21 Å². The molecule has 3 rings (SSSR count). The maximum atomic E-state index is 11.9. The largest absolute Gasteiger partial charge is 0.407 e. The molecule has 0 bridgehead atoms. The topological polar surface area (TPSA) is 68.0 Å². The molecule has 0 aliphatic rings. The smallest absolute Gasteiger partial charge is 0.322 e. The molecular formula is C20H19N3O2S. The normalized spacial score (nSPS) is 11.0. The summed E-state index contributed by atoms with van der Waals surface area (Å²) in [6.07, 6.45) is 3.69. The molecule has 26 heavy (non-hydrogen) atoms. The summed E-state index contributed by atoms with van der Waals surface area (Å²) in [4.78, 5) is 13.2. The highest BCUT2D eigenvalue weighted by Gasteiger charge is 2.09. The highest BCUT2D eigenvalue weighted by molar-refractivity contribution is 7.99. The molecule has 0 aliphatic heterocycles. The van der Waals surface area contributed by atoms with E-state index in [2.05, 4.69) is 34.6 Å². The van der Waals surface area contributed by atoms with Crippen molar-refractivity contribution in [2.24, 2.45) is 0 Å². The molecule has 1 N–H and O–H groups in total. The van der Waals surface area contributed by atoms with Crippen LogP contribution in [0, 0.1) is 0 Å². The zero-order valence-corrected chi connectivity index (χ0v) is 15.2. The molecule has 1 heterocycles. The number of carbonyl (C=O) groups excluding carboxylic acids is 1. The van der Waals surface area contributed by atoms with Crippen LogP contribution >= 0.6 is 11.8 Å². The molecule has 0 unspecified atom stereocenters. The second-order valence-corrected chi connectivity index (χ2v) is 6.83. The lowest BCUT2D eigenvalue weighted by molar-refractivity contribution is -0.112. The van der Waals surface area contributed by atoms with Gasteiger partial charge in [-0.05, 0) is 35.1 Å². The van der Waals surface area contributed by atoms with Crippen LogP contribution in [0.2, 0.25) is 0 Å². The number of benzene rings is 2. The van der Waals surface area contributed by atoms with E-state index in [0.717, 1.165) is 16.9 Å². The van der Waals surface area contributed by atoms with Crippen LogP contribution in [0.1, 0.15) is 23.9 Å². The minimum absolute atomic E-state index is 0.0980. The van der Waals surface area contributed by atoms with Crippen LogP contribution in [-0.2, 0) is 11.2 Å². The molecule has 5 nitrogen and oxygen atoms in total. The van der Waals surface area contributed by atoms with Crippen molar-refractivity contribution in [1.82, 2.24) is 10.2 Å². The fourth-order valence-corrected chi connectivity index (χ4v) is 2.97. The molecule has 132 valence electrons. The lowest BCUT2D eigenvalue weighted by Gasteiger charge is -2.00. The zero-order chi connectivity index (χ0) is 18.2. The predicted octanol–water partition coefficient (Wildman–Crippen LogP) is 4.42. The highest BCUT2D eigenvalue weighted by Crippen LogP contribution is 2.19. The van der Waals surface area contributed by atoms with E-state index in [9.17, 15) is 4.79 Å². The summed E-state index contributed by atoms with van der Waals surface area (Å²) >= 11 is 1.80. The minimum Gasteiger partial charge on any atom is -0.407 e.